The van der Waals surface area contributed by atoms with Crippen LogP contribution in [0.15, 0.2) is 54.2 Å². The summed E-state index contributed by atoms with van der Waals surface area (Å²) in [7, 11) is 0. The number of hydrogen-bond donors (Lipinski definition) is 1. The second kappa shape index (κ2) is 7.34. The van der Waals surface area contributed by atoms with Gasteiger partial charge in [0.25, 0.3) is 0 Å². The molecular weight excluding hydrogens is 346 g/mol. The zero-order valence-electron chi connectivity index (χ0n) is 14.6. The summed E-state index contributed by atoms with van der Waals surface area (Å²) in [6.07, 6.45) is 5.07. The highest BCUT2D eigenvalue weighted by Gasteiger charge is 2.21. The van der Waals surface area contributed by atoms with Crippen molar-refractivity contribution in [3.8, 4) is 0 Å². The van der Waals surface area contributed by atoms with E-state index in [2.05, 4.69) is 39.6 Å². The molecule has 1 saturated carbocycles. The van der Waals surface area contributed by atoms with Gasteiger partial charge in [-0.05, 0) is 66.3 Å². The lowest BCUT2D eigenvalue weighted by molar-refractivity contribution is 0.290. The number of aromatic nitrogens is 2. The van der Waals surface area contributed by atoms with Gasteiger partial charge in [0.15, 0.2) is 0 Å². The number of fused-ring (bicyclic) bond motifs is 1. The molecule has 0 bridgehead atoms. The van der Waals surface area contributed by atoms with Crippen molar-refractivity contribution in [3.63, 3.8) is 0 Å². The van der Waals surface area contributed by atoms with Crippen molar-refractivity contribution in [2.45, 2.75) is 26.2 Å². The highest BCUT2D eigenvalue weighted by Crippen LogP contribution is 2.37. The van der Waals surface area contributed by atoms with Crippen molar-refractivity contribution in [1.29, 1.82) is 0 Å². The molecule has 1 aliphatic carbocycles. The molecule has 1 fully saturated rings. The number of allylic oxidation sites excluding steroid dienone is 1. The number of benzene rings is 2. The third-order valence-electron chi connectivity index (χ3n) is 4.58. The first-order valence-corrected chi connectivity index (χ1v) is 9.26. The van der Waals surface area contributed by atoms with Gasteiger partial charge in [0, 0.05) is 11.9 Å². The Hall–Kier alpha value is -2.59. The van der Waals surface area contributed by atoms with E-state index in [0.29, 0.717) is 12.4 Å². The first-order valence-electron chi connectivity index (χ1n) is 8.88. The minimum atomic E-state index is 0.214. The van der Waals surface area contributed by atoms with E-state index in [-0.39, 0.29) is 5.28 Å². The normalized spacial score (nSPS) is 13.4. The molecule has 0 spiro atoms. The maximum absolute atomic E-state index is 6.07. The van der Waals surface area contributed by atoms with Crippen LogP contribution < -0.4 is 5.32 Å². The van der Waals surface area contributed by atoms with Crippen LogP contribution in [0.3, 0.4) is 0 Å². The molecule has 1 aromatic heterocycles. The Labute approximate surface area is 157 Å². The first-order chi connectivity index (χ1) is 12.7. The molecule has 0 amide bonds. The molecule has 3 aromatic rings. The van der Waals surface area contributed by atoms with Crippen LogP contribution in [0.4, 0.5) is 11.5 Å². The summed E-state index contributed by atoms with van der Waals surface area (Å²) in [5.41, 5.74) is 3.13. The van der Waals surface area contributed by atoms with E-state index < -0.39 is 0 Å². The van der Waals surface area contributed by atoms with Crippen molar-refractivity contribution in [3.05, 3.63) is 65.1 Å². The fraction of sp³-hybridized carbons (Fsp3) is 0.238. The minimum Gasteiger partial charge on any atom is -0.493 e. The molecule has 1 aliphatic rings. The predicted molar refractivity (Wildman–Crippen MR) is 107 cm³/mol. The number of hydrogen-bond acceptors (Lipinski definition) is 4. The van der Waals surface area contributed by atoms with Gasteiger partial charge in [-0.15, -0.1) is 0 Å². The standard InChI is InChI=1S/C21H20ClN3O/c1-2-26-19(15-8-5-9-15)18-13-23-21(22)25-20(18)24-17-11-10-14-6-3-4-7-16(14)12-17/h3-4,6-7,10-13H,2,5,8-9H2,1H3,(H,23,24,25). The zero-order chi connectivity index (χ0) is 17.9. The summed E-state index contributed by atoms with van der Waals surface area (Å²) >= 11 is 6.07. The molecule has 0 radical (unpaired) electrons. The second-order valence-corrected chi connectivity index (χ2v) is 6.65. The van der Waals surface area contributed by atoms with Gasteiger partial charge in [0.2, 0.25) is 5.28 Å². The number of halogens is 1. The molecule has 4 nitrogen and oxygen atoms in total. The van der Waals surface area contributed by atoms with Crippen molar-refractivity contribution >= 4 is 39.6 Å². The molecule has 0 atom stereocenters. The number of ether oxygens (including phenoxy) is 1. The fourth-order valence-corrected chi connectivity index (χ4v) is 3.25. The maximum Gasteiger partial charge on any atom is 0.224 e. The van der Waals surface area contributed by atoms with Gasteiger partial charge in [-0.25, -0.2) is 4.98 Å². The Morgan fingerprint density at radius 2 is 1.96 bits per heavy atom. The van der Waals surface area contributed by atoms with Gasteiger partial charge in [0.1, 0.15) is 11.6 Å². The highest BCUT2D eigenvalue weighted by molar-refractivity contribution is 6.28. The van der Waals surface area contributed by atoms with Gasteiger partial charge in [-0.3, -0.25) is 0 Å². The van der Waals surface area contributed by atoms with E-state index in [0.717, 1.165) is 29.9 Å². The van der Waals surface area contributed by atoms with E-state index >= 15 is 0 Å². The Morgan fingerprint density at radius 1 is 1.15 bits per heavy atom. The predicted octanol–water partition coefficient (Wildman–Crippen LogP) is 5.96. The Bertz CT molecular complexity index is 978. The molecule has 0 saturated heterocycles. The molecule has 5 heteroatoms. The Kier molecular flexibility index (Phi) is 4.76. The SMILES string of the molecule is CCOC(=C1CCC1)c1cnc(Cl)nc1Nc1ccc2ccccc2c1. The molecule has 4 rings (SSSR count). The lowest BCUT2D eigenvalue weighted by Gasteiger charge is -2.23. The van der Waals surface area contributed by atoms with Crippen molar-refractivity contribution in [2.24, 2.45) is 0 Å². The number of rotatable bonds is 5. The number of nitrogens with zero attached hydrogens (tertiary/aromatic N) is 2. The van der Waals surface area contributed by atoms with E-state index in [1.807, 2.05) is 25.1 Å². The number of nitrogens with one attached hydrogen (secondary N) is 1. The van der Waals surface area contributed by atoms with Crippen molar-refractivity contribution < 1.29 is 4.74 Å². The van der Waals surface area contributed by atoms with Crippen LogP contribution in [-0.2, 0) is 4.74 Å². The van der Waals surface area contributed by atoms with Crippen LogP contribution >= 0.6 is 11.6 Å². The summed E-state index contributed by atoms with van der Waals surface area (Å²) in [6.45, 7) is 2.60. The molecule has 132 valence electrons. The van der Waals surface area contributed by atoms with Crippen LogP contribution in [-0.4, -0.2) is 16.6 Å². The monoisotopic (exact) mass is 365 g/mol. The van der Waals surface area contributed by atoms with Gasteiger partial charge >= 0.3 is 0 Å². The van der Waals surface area contributed by atoms with Crippen LogP contribution in [0, 0.1) is 0 Å². The third kappa shape index (κ3) is 3.37. The quantitative estimate of drug-likeness (QED) is 0.447. The van der Waals surface area contributed by atoms with Crippen molar-refractivity contribution in [2.75, 3.05) is 11.9 Å². The molecule has 0 aliphatic heterocycles. The fourth-order valence-electron chi connectivity index (χ4n) is 3.12. The minimum absolute atomic E-state index is 0.214. The van der Waals surface area contributed by atoms with Gasteiger partial charge < -0.3 is 10.1 Å². The average molecular weight is 366 g/mol. The topological polar surface area (TPSA) is 47.0 Å². The van der Waals surface area contributed by atoms with Gasteiger partial charge in [-0.2, -0.15) is 4.98 Å². The molecule has 1 N–H and O–H groups in total. The lowest BCUT2D eigenvalue weighted by atomic mass is 9.89. The van der Waals surface area contributed by atoms with E-state index in [9.17, 15) is 0 Å². The summed E-state index contributed by atoms with van der Waals surface area (Å²) in [5, 5.41) is 5.98. The van der Waals surface area contributed by atoms with Crippen LogP contribution in [0.1, 0.15) is 31.7 Å². The summed E-state index contributed by atoms with van der Waals surface area (Å²) in [5.74, 6) is 1.56. The maximum atomic E-state index is 6.07. The lowest BCUT2D eigenvalue weighted by Crippen LogP contribution is -2.08. The largest absolute Gasteiger partial charge is 0.493 e. The summed E-state index contributed by atoms with van der Waals surface area (Å²) in [4.78, 5) is 8.60. The van der Waals surface area contributed by atoms with Crippen LogP contribution in [0.2, 0.25) is 5.28 Å². The molecule has 26 heavy (non-hydrogen) atoms. The molecular formula is C21H20ClN3O. The highest BCUT2D eigenvalue weighted by atomic mass is 35.5. The summed E-state index contributed by atoms with van der Waals surface area (Å²) in [6, 6.07) is 14.5. The zero-order valence-corrected chi connectivity index (χ0v) is 15.4. The smallest absolute Gasteiger partial charge is 0.224 e. The van der Waals surface area contributed by atoms with Crippen LogP contribution in [0.5, 0.6) is 0 Å². The van der Waals surface area contributed by atoms with Crippen LogP contribution in [0.25, 0.3) is 16.5 Å². The van der Waals surface area contributed by atoms with E-state index in [1.165, 1.54) is 22.8 Å². The molecule has 2 aromatic carbocycles. The summed E-state index contributed by atoms with van der Waals surface area (Å²) < 4.78 is 5.94. The van der Waals surface area contributed by atoms with E-state index in [4.69, 9.17) is 16.3 Å². The first kappa shape index (κ1) is 16.9. The third-order valence-corrected chi connectivity index (χ3v) is 4.77. The van der Waals surface area contributed by atoms with Gasteiger partial charge in [-0.1, -0.05) is 30.3 Å². The Balaban J connectivity index is 1.74. The molecule has 1 heterocycles. The molecule has 0 unspecified atom stereocenters. The number of anilines is 2. The van der Waals surface area contributed by atoms with Gasteiger partial charge in [0.05, 0.1) is 12.2 Å². The average Bonchev–Trinajstić information content (AvgIpc) is 2.60. The second-order valence-electron chi connectivity index (χ2n) is 6.31. The van der Waals surface area contributed by atoms with Crippen molar-refractivity contribution in [1.82, 2.24) is 9.97 Å². The van der Waals surface area contributed by atoms with E-state index in [1.54, 1.807) is 6.20 Å². The Morgan fingerprint density at radius 3 is 2.69 bits per heavy atom.